The summed E-state index contributed by atoms with van der Waals surface area (Å²) in [6.07, 6.45) is 4.76. The minimum Gasteiger partial charge on any atom is -0.389 e. The summed E-state index contributed by atoms with van der Waals surface area (Å²) in [5.74, 6) is -0.664. The van der Waals surface area contributed by atoms with Crippen molar-refractivity contribution < 1.29 is 14.3 Å². The molecule has 0 radical (unpaired) electrons. The normalized spacial score (nSPS) is 40.2. The third-order valence-corrected chi connectivity index (χ3v) is 3.37. The number of cyclic esters (lactones) is 2. The minimum absolute atomic E-state index is 0.149. The van der Waals surface area contributed by atoms with E-state index in [-0.39, 0.29) is 11.9 Å². The lowest BCUT2D eigenvalue weighted by Crippen LogP contribution is -2.29. The Morgan fingerprint density at radius 1 is 1.54 bits per heavy atom. The van der Waals surface area contributed by atoms with Crippen molar-refractivity contribution in [1.82, 2.24) is 0 Å². The van der Waals surface area contributed by atoms with Crippen LogP contribution in [-0.2, 0) is 14.3 Å². The number of rotatable bonds is 0. The van der Waals surface area contributed by atoms with E-state index < -0.39 is 11.4 Å². The van der Waals surface area contributed by atoms with Gasteiger partial charge in [-0.25, -0.2) is 4.79 Å². The summed E-state index contributed by atoms with van der Waals surface area (Å²) in [6.45, 7) is 1.80. The van der Waals surface area contributed by atoms with Crippen LogP contribution in [0.1, 0.15) is 13.3 Å². The predicted molar refractivity (Wildman–Crippen MR) is 43.5 cm³/mol. The Labute approximate surface area is 75.1 Å². The van der Waals surface area contributed by atoms with Gasteiger partial charge in [-0.15, -0.1) is 0 Å². The van der Waals surface area contributed by atoms with E-state index in [9.17, 15) is 9.59 Å². The van der Waals surface area contributed by atoms with Gasteiger partial charge < -0.3 is 4.74 Å². The molecular formula is C10H8O3. The summed E-state index contributed by atoms with van der Waals surface area (Å²) in [4.78, 5) is 22.8. The first-order valence-corrected chi connectivity index (χ1v) is 4.32. The van der Waals surface area contributed by atoms with E-state index >= 15 is 0 Å². The lowest BCUT2D eigenvalue weighted by atomic mass is 9.76. The number of esters is 2. The largest absolute Gasteiger partial charge is 0.389 e. The summed E-state index contributed by atoms with van der Waals surface area (Å²) in [6, 6.07) is 0. The average Bonchev–Trinajstić information content (AvgIpc) is 2.66. The van der Waals surface area contributed by atoms with Crippen molar-refractivity contribution in [3.8, 4) is 0 Å². The molecule has 2 aliphatic carbocycles. The first kappa shape index (κ1) is 7.06. The summed E-state index contributed by atoms with van der Waals surface area (Å²) in [5, 5.41) is 0. The van der Waals surface area contributed by atoms with E-state index in [2.05, 4.69) is 4.74 Å². The highest BCUT2D eigenvalue weighted by molar-refractivity contribution is 6.12. The van der Waals surface area contributed by atoms with Crippen molar-refractivity contribution >= 4 is 11.9 Å². The lowest BCUT2D eigenvalue weighted by Gasteiger charge is -2.21. The molecule has 0 aromatic carbocycles. The lowest BCUT2D eigenvalue weighted by molar-refractivity contribution is -0.155. The van der Waals surface area contributed by atoms with E-state index in [1.807, 2.05) is 12.2 Å². The molecule has 66 valence electrons. The van der Waals surface area contributed by atoms with Crippen molar-refractivity contribution in [2.75, 3.05) is 0 Å². The molecule has 1 saturated heterocycles. The number of hydrogen-bond donors (Lipinski definition) is 0. The molecule has 1 fully saturated rings. The Morgan fingerprint density at radius 3 is 3.00 bits per heavy atom. The Bertz CT molecular complexity index is 402. The zero-order valence-electron chi connectivity index (χ0n) is 7.16. The zero-order chi connectivity index (χ0) is 9.22. The second-order valence-corrected chi connectivity index (χ2v) is 3.95. The Morgan fingerprint density at radius 2 is 2.31 bits per heavy atom. The van der Waals surface area contributed by atoms with E-state index in [0.29, 0.717) is 5.57 Å². The van der Waals surface area contributed by atoms with Crippen molar-refractivity contribution in [3.63, 3.8) is 0 Å². The molecule has 2 unspecified atom stereocenters. The van der Waals surface area contributed by atoms with Crippen LogP contribution in [0.4, 0.5) is 0 Å². The number of allylic oxidation sites excluding steroid dienone is 3. The Hall–Kier alpha value is -1.38. The summed E-state index contributed by atoms with van der Waals surface area (Å²) in [5.41, 5.74) is 0.926. The summed E-state index contributed by atoms with van der Waals surface area (Å²) in [7, 11) is 0. The van der Waals surface area contributed by atoms with Gasteiger partial charge in [0.2, 0.25) is 0 Å². The van der Waals surface area contributed by atoms with Crippen LogP contribution in [0.2, 0.25) is 0 Å². The molecule has 3 heteroatoms. The summed E-state index contributed by atoms with van der Waals surface area (Å²) >= 11 is 0. The highest BCUT2D eigenvalue weighted by Gasteiger charge is 2.60. The summed E-state index contributed by atoms with van der Waals surface area (Å²) < 4.78 is 4.64. The van der Waals surface area contributed by atoms with E-state index in [1.165, 1.54) is 0 Å². The second-order valence-electron chi connectivity index (χ2n) is 3.95. The fourth-order valence-electron chi connectivity index (χ4n) is 2.54. The number of hydrogen-bond acceptors (Lipinski definition) is 3. The molecule has 0 spiro atoms. The van der Waals surface area contributed by atoms with Gasteiger partial charge >= 0.3 is 11.9 Å². The maximum absolute atomic E-state index is 11.5. The van der Waals surface area contributed by atoms with E-state index in [4.69, 9.17) is 0 Å². The number of ether oxygens (including phenoxy) is 1. The number of carbonyl (C=O) groups excluding carboxylic acids is 2. The van der Waals surface area contributed by atoms with Crippen LogP contribution < -0.4 is 0 Å². The van der Waals surface area contributed by atoms with Crippen LogP contribution in [0.5, 0.6) is 0 Å². The number of fused-ring (bicyclic) bond motifs is 4. The zero-order valence-corrected chi connectivity index (χ0v) is 7.16. The molecule has 0 amide bonds. The monoisotopic (exact) mass is 176 g/mol. The van der Waals surface area contributed by atoms with Gasteiger partial charge in [-0.2, -0.15) is 0 Å². The van der Waals surface area contributed by atoms with Gasteiger partial charge in [0.15, 0.2) is 0 Å². The SMILES string of the molecule is CC12C(=O)OC(=O)C1=C1C=CC2C1. The molecule has 2 atom stereocenters. The first-order chi connectivity index (χ1) is 6.14. The van der Waals surface area contributed by atoms with Crippen LogP contribution in [0, 0.1) is 11.3 Å². The van der Waals surface area contributed by atoms with Gasteiger partial charge in [0.1, 0.15) is 5.41 Å². The maximum atomic E-state index is 11.5. The Kier molecular flexibility index (Phi) is 0.957. The van der Waals surface area contributed by atoms with Gasteiger partial charge in [-0.05, 0) is 18.9 Å². The molecule has 0 saturated carbocycles. The van der Waals surface area contributed by atoms with Gasteiger partial charge in [-0.3, -0.25) is 4.79 Å². The first-order valence-electron chi connectivity index (χ1n) is 4.32. The average molecular weight is 176 g/mol. The van der Waals surface area contributed by atoms with E-state index in [1.54, 1.807) is 6.92 Å². The predicted octanol–water partition coefficient (Wildman–Crippen LogP) is 0.962. The maximum Gasteiger partial charge on any atom is 0.343 e. The Balaban J connectivity index is 2.31. The van der Waals surface area contributed by atoms with Crippen molar-refractivity contribution in [3.05, 3.63) is 23.3 Å². The van der Waals surface area contributed by atoms with Crippen LogP contribution >= 0.6 is 0 Å². The molecule has 2 bridgehead atoms. The molecule has 0 N–H and O–H groups in total. The highest BCUT2D eigenvalue weighted by Crippen LogP contribution is 2.56. The van der Waals surface area contributed by atoms with Crippen molar-refractivity contribution in [2.24, 2.45) is 11.3 Å². The fraction of sp³-hybridized carbons (Fsp3) is 0.400. The molecule has 13 heavy (non-hydrogen) atoms. The van der Waals surface area contributed by atoms with Crippen LogP contribution in [0.25, 0.3) is 0 Å². The van der Waals surface area contributed by atoms with Crippen molar-refractivity contribution in [1.29, 1.82) is 0 Å². The van der Waals surface area contributed by atoms with Crippen LogP contribution in [0.15, 0.2) is 23.3 Å². The van der Waals surface area contributed by atoms with Crippen LogP contribution in [0.3, 0.4) is 0 Å². The van der Waals surface area contributed by atoms with Gasteiger partial charge in [0.05, 0.1) is 5.57 Å². The fourth-order valence-corrected chi connectivity index (χ4v) is 2.54. The standard InChI is InChI=1S/C10H8O3/c1-10-6-3-2-5(4-6)7(10)8(11)13-9(10)12/h2-3,6H,4H2,1H3. The number of carbonyl (C=O) groups is 2. The smallest absolute Gasteiger partial charge is 0.343 e. The van der Waals surface area contributed by atoms with Gasteiger partial charge in [0, 0.05) is 5.92 Å². The molecule has 1 heterocycles. The highest BCUT2D eigenvalue weighted by atomic mass is 16.6. The van der Waals surface area contributed by atoms with Gasteiger partial charge in [0.25, 0.3) is 0 Å². The second kappa shape index (κ2) is 1.76. The molecule has 1 aliphatic heterocycles. The molecule has 3 nitrogen and oxygen atoms in total. The minimum atomic E-state index is -0.666. The van der Waals surface area contributed by atoms with Gasteiger partial charge in [-0.1, -0.05) is 12.2 Å². The molecular weight excluding hydrogens is 168 g/mol. The van der Waals surface area contributed by atoms with Crippen molar-refractivity contribution in [2.45, 2.75) is 13.3 Å². The molecule has 0 aromatic heterocycles. The third-order valence-electron chi connectivity index (χ3n) is 3.37. The third kappa shape index (κ3) is 0.558. The topological polar surface area (TPSA) is 43.4 Å². The quantitative estimate of drug-likeness (QED) is 0.408. The molecule has 3 aliphatic rings. The van der Waals surface area contributed by atoms with Crippen LogP contribution in [-0.4, -0.2) is 11.9 Å². The van der Waals surface area contributed by atoms with E-state index in [0.717, 1.165) is 12.0 Å². The molecule has 3 rings (SSSR count). The molecule has 0 aromatic rings.